The summed E-state index contributed by atoms with van der Waals surface area (Å²) in [5.74, 6) is -0.409. The van der Waals surface area contributed by atoms with Gasteiger partial charge in [-0.3, -0.25) is 14.9 Å². The summed E-state index contributed by atoms with van der Waals surface area (Å²) in [7, 11) is 0. The Bertz CT molecular complexity index is 491. The molecular weight excluding hydrogens is 262 g/mol. The summed E-state index contributed by atoms with van der Waals surface area (Å²) < 4.78 is 5.39. The summed E-state index contributed by atoms with van der Waals surface area (Å²) in [5, 5.41) is 13.8. The molecule has 1 rings (SSSR count). The van der Waals surface area contributed by atoms with E-state index in [9.17, 15) is 14.9 Å². The Kier molecular flexibility index (Phi) is 5.92. The first-order valence-electron chi connectivity index (χ1n) is 6.36. The number of amides is 1. The summed E-state index contributed by atoms with van der Waals surface area (Å²) in [5.41, 5.74) is 5.96. The van der Waals surface area contributed by atoms with Crippen LogP contribution in [-0.2, 0) is 4.79 Å². The number of rotatable bonds is 8. The van der Waals surface area contributed by atoms with Gasteiger partial charge in [0.25, 0.3) is 0 Å². The van der Waals surface area contributed by atoms with Crippen molar-refractivity contribution in [2.45, 2.75) is 26.3 Å². The zero-order chi connectivity index (χ0) is 15.1. The van der Waals surface area contributed by atoms with E-state index in [1.165, 1.54) is 6.07 Å². The second-order valence-corrected chi connectivity index (χ2v) is 4.45. The van der Waals surface area contributed by atoms with Crippen LogP contribution in [0, 0.1) is 17.0 Å². The molecule has 0 radical (unpaired) electrons. The molecule has 0 saturated heterocycles. The van der Waals surface area contributed by atoms with Crippen LogP contribution in [0.25, 0.3) is 0 Å². The fourth-order valence-corrected chi connectivity index (χ4v) is 1.62. The Morgan fingerprint density at radius 2 is 2.25 bits per heavy atom. The Morgan fingerprint density at radius 3 is 2.80 bits per heavy atom. The third-order valence-corrected chi connectivity index (χ3v) is 2.70. The molecule has 0 aliphatic rings. The van der Waals surface area contributed by atoms with E-state index in [0.29, 0.717) is 6.54 Å². The lowest BCUT2D eigenvalue weighted by atomic mass is 10.2. The number of carbonyl (C=O) groups excluding carboxylic acids is 1. The molecule has 0 spiro atoms. The van der Waals surface area contributed by atoms with E-state index in [0.717, 1.165) is 12.0 Å². The lowest BCUT2D eigenvalue weighted by Gasteiger charge is -2.16. The number of carbonyl (C=O) groups is 1. The average Bonchev–Trinajstić information content (AvgIpc) is 2.38. The third kappa shape index (κ3) is 4.51. The summed E-state index contributed by atoms with van der Waals surface area (Å²) in [6, 6.07) is 3.90. The molecule has 0 aromatic heterocycles. The molecule has 7 nitrogen and oxygen atoms in total. The number of benzene rings is 1. The normalized spacial score (nSPS) is 11.9. The van der Waals surface area contributed by atoms with Crippen molar-refractivity contribution < 1.29 is 14.5 Å². The minimum atomic E-state index is -0.671. The Morgan fingerprint density at radius 1 is 1.55 bits per heavy atom. The van der Waals surface area contributed by atoms with Gasteiger partial charge in [-0.25, -0.2) is 0 Å². The summed E-state index contributed by atoms with van der Waals surface area (Å²) in [6.07, 6.45) is 0.842. The van der Waals surface area contributed by atoms with Crippen molar-refractivity contribution in [3.05, 3.63) is 33.9 Å². The maximum atomic E-state index is 11.3. The van der Waals surface area contributed by atoms with Crippen LogP contribution in [0.3, 0.4) is 0 Å². The smallest absolute Gasteiger partial charge is 0.310 e. The third-order valence-electron chi connectivity index (χ3n) is 2.70. The first kappa shape index (κ1) is 15.9. The molecule has 1 atom stereocenters. The molecule has 0 aliphatic heterocycles. The average molecular weight is 281 g/mol. The van der Waals surface area contributed by atoms with Crippen molar-refractivity contribution in [3.63, 3.8) is 0 Å². The first-order valence-corrected chi connectivity index (χ1v) is 6.36. The van der Waals surface area contributed by atoms with Crippen LogP contribution in [0.15, 0.2) is 18.2 Å². The number of nitrogens with one attached hydrogen (secondary N) is 1. The highest BCUT2D eigenvalue weighted by Gasteiger charge is 2.19. The lowest BCUT2D eigenvalue weighted by Crippen LogP contribution is -2.45. The van der Waals surface area contributed by atoms with E-state index in [4.69, 9.17) is 10.5 Å². The van der Waals surface area contributed by atoms with E-state index in [2.05, 4.69) is 5.32 Å². The molecule has 1 amide bonds. The standard InChI is InChI=1S/C13H19N3O4/c1-3-6-15-10(13(14)17)8-20-12-7-9(2)4-5-11(12)16(18)19/h4-5,7,10,15H,3,6,8H2,1-2H3,(H2,14,17). The lowest BCUT2D eigenvalue weighted by molar-refractivity contribution is -0.385. The van der Waals surface area contributed by atoms with Gasteiger partial charge in [-0.2, -0.15) is 0 Å². The number of ether oxygens (including phenoxy) is 1. The van der Waals surface area contributed by atoms with Crippen molar-refractivity contribution in [3.8, 4) is 5.75 Å². The largest absolute Gasteiger partial charge is 0.485 e. The number of nitrogens with two attached hydrogens (primary N) is 1. The Balaban J connectivity index is 2.79. The summed E-state index contributed by atoms with van der Waals surface area (Å²) in [4.78, 5) is 21.6. The quantitative estimate of drug-likeness (QED) is 0.548. The Labute approximate surface area is 117 Å². The zero-order valence-electron chi connectivity index (χ0n) is 11.6. The number of nitro benzene ring substituents is 1. The van der Waals surface area contributed by atoms with Crippen molar-refractivity contribution in [1.82, 2.24) is 5.32 Å². The van der Waals surface area contributed by atoms with Crippen molar-refractivity contribution in [2.24, 2.45) is 5.73 Å². The van der Waals surface area contributed by atoms with Crippen LogP contribution in [0.1, 0.15) is 18.9 Å². The van der Waals surface area contributed by atoms with Gasteiger partial charge in [0, 0.05) is 6.07 Å². The monoisotopic (exact) mass is 281 g/mol. The highest BCUT2D eigenvalue weighted by atomic mass is 16.6. The van der Waals surface area contributed by atoms with Crippen molar-refractivity contribution in [2.75, 3.05) is 13.2 Å². The van der Waals surface area contributed by atoms with Crippen molar-refractivity contribution >= 4 is 11.6 Å². The number of aryl methyl sites for hydroxylation is 1. The van der Waals surface area contributed by atoms with Gasteiger partial charge in [0.1, 0.15) is 12.6 Å². The van der Waals surface area contributed by atoms with Crippen LogP contribution < -0.4 is 15.8 Å². The number of primary amides is 1. The second kappa shape index (κ2) is 7.44. The van der Waals surface area contributed by atoms with E-state index >= 15 is 0 Å². The van der Waals surface area contributed by atoms with Gasteiger partial charge in [0.2, 0.25) is 5.91 Å². The predicted molar refractivity (Wildman–Crippen MR) is 74.6 cm³/mol. The summed E-state index contributed by atoms with van der Waals surface area (Å²) >= 11 is 0. The van der Waals surface area contributed by atoms with Gasteiger partial charge in [-0.05, 0) is 31.5 Å². The van der Waals surface area contributed by atoms with Gasteiger partial charge in [-0.1, -0.05) is 13.0 Å². The molecule has 0 aliphatic carbocycles. The first-order chi connectivity index (χ1) is 9.45. The maximum Gasteiger partial charge on any atom is 0.310 e. The van der Waals surface area contributed by atoms with Gasteiger partial charge < -0.3 is 15.8 Å². The second-order valence-electron chi connectivity index (χ2n) is 4.45. The molecule has 7 heteroatoms. The van der Waals surface area contributed by atoms with Gasteiger partial charge >= 0.3 is 5.69 Å². The molecule has 110 valence electrons. The highest BCUT2D eigenvalue weighted by Crippen LogP contribution is 2.27. The van der Waals surface area contributed by atoms with E-state index in [1.54, 1.807) is 19.1 Å². The van der Waals surface area contributed by atoms with Crippen LogP contribution in [0.4, 0.5) is 5.69 Å². The van der Waals surface area contributed by atoms with Crippen molar-refractivity contribution in [1.29, 1.82) is 0 Å². The van der Waals surface area contributed by atoms with Gasteiger partial charge in [-0.15, -0.1) is 0 Å². The van der Waals surface area contributed by atoms with E-state index in [-0.39, 0.29) is 18.0 Å². The van der Waals surface area contributed by atoms with Crippen LogP contribution >= 0.6 is 0 Å². The van der Waals surface area contributed by atoms with Crippen LogP contribution in [0.2, 0.25) is 0 Å². The molecule has 0 heterocycles. The summed E-state index contributed by atoms with van der Waals surface area (Å²) in [6.45, 7) is 4.33. The molecule has 0 fully saturated rings. The molecule has 1 aromatic carbocycles. The van der Waals surface area contributed by atoms with Crippen LogP contribution in [-0.4, -0.2) is 30.0 Å². The maximum absolute atomic E-state index is 11.3. The highest BCUT2D eigenvalue weighted by molar-refractivity contribution is 5.80. The minimum absolute atomic E-state index is 0.0420. The Hall–Kier alpha value is -2.15. The number of hydrogen-bond donors (Lipinski definition) is 2. The number of nitrogens with zero attached hydrogens (tertiary/aromatic N) is 1. The van der Waals surface area contributed by atoms with E-state index < -0.39 is 16.9 Å². The van der Waals surface area contributed by atoms with Crippen LogP contribution in [0.5, 0.6) is 5.75 Å². The zero-order valence-corrected chi connectivity index (χ0v) is 11.6. The van der Waals surface area contributed by atoms with Gasteiger partial charge in [0.15, 0.2) is 5.75 Å². The van der Waals surface area contributed by atoms with Gasteiger partial charge in [0.05, 0.1) is 4.92 Å². The molecule has 0 saturated carbocycles. The SMILES string of the molecule is CCCNC(COc1cc(C)ccc1[N+](=O)[O-])C(N)=O. The number of nitro groups is 1. The molecule has 20 heavy (non-hydrogen) atoms. The molecule has 1 aromatic rings. The topological polar surface area (TPSA) is 107 Å². The molecule has 1 unspecified atom stereocenters. The van der Waals surface area contributed by atoms with E-state index in [1.807, 2.05) is 6.92 Å². The molecular formula is C13H19N3O4. The predicted octanol–water partition coefficient (Wildman–Crippen LogP) is 1.14. The minimum Gasteiger partial charge on any atom is -0.485 e. The molecule has 0 bridgehead atoms. The fourth-order valence-electron chi connectivity index (χ4n) is 1.62. The number of hydrogen-bond acceptors (Lipinski definition) is 5. The fraction of sp³-hybridized carbons (Fsp3) is 0.462. The molecule has 3 N–H and O–H groups in total.